The van der Waals surface area contributed by atoms with Gasteiger partial charge in [-0.3, -0.25) is 9.48 Å². The molecule has 1 amide bonds. The van der Waals surface area contributed by atoms with Gasteiger partial charge in [-0.05, 0) is 41.8 Å². The average molecular weight is 459 g/mol. The zero-order valence-corrected chi connectivity index (χ0v) is 18.8. The number of amides is 1. The Kier molecular flexibility index (Phi) is 5.61. The third-order valence-corrected chi connectivity index (χ3v) is 5.96. The van der Waals surface area contributed by atoms with Crippen molar-refractivity contribution in [3.05, 3.63) is 101 Å². The monoisotopic (exact) mass is 459 g/mol. The summed E-state index contributed by atoms with van der Waals surface area (Å²) in [5.74, 6) is 0.182. The first-order valence-corrected chi connectivity index (χ1v) is 10.9. The van der Waals surface area contributed by atoms with Crippen LogP contribution < -0.4 is 4.74 Å². The van der Waals surface area contributed by atoms with Gasteiger partial charge in [-0.2, -0.15) is 5.10 Å². The van der Waals surface area contributed by atoms with Gasteiger partial charge < -0.3 is 9.64 Å². The van der Waals surface area contributed by atoms with Gasteiger partial charge in [-0.1, -0.05) is 48.0 Å². The minimum Gasteiger partial charge on any atom is -0.456 e. The number of alkyl halides is 2. The number of aromatic nitrogens is 2. The molecule has 3 aromatic carbocycles. The Morgan fingerprint density at radius 2 is 1.82 bits per heavy atom. The number of aryl methyl sites for hydroxylation is 2. The van der Waals surface area contributed by atoms with E-state index in [9.17, 15) is 13.6 Å². The van der Waals surface area contributed by atoms with E-state index in [4.69, 9.17) is 4.74 Å². The van der Waals surface area contributed by atoms with Gasteiger partial charge in [0.05, 0.1) is 17.3 Å². The maximum Gasteiger partial charge on any atom is 0.267 e. The Morgan fingerprint density at radius 3 is 2.53 bits per heavy atom. The molecule has 1 aliphatic rings. The van der Waals surface area contributed by atoms with Crippen LogP contribution in [0, 0.1) is 6.92 Å². The van der Waals surface area contributed by atoms with Crippen molar-refractivity contribution in [3.63, 3.8) is 0 Å². The number of carbonyl (C=O) groups is 1. The first-order chi connectivity index (χ1) is 16.4. The third-order valence-electron chi connectivity index (χ3n) is 5.96. The van der Waals surface area contributed by atoms with E-state index in [2.05, 4.69) is 5.10 Å². The molecule has 0 saturated heterocycles. The Bertz CT molecular complexity index is 1360. The van der Waals surface area contributed by atoms with Crippen LogP contribution in [0.2, 0.25) is 0 Å². The lowest BCUT2D eigenvalue weighted by Gasteiger charge is -2.16. The van der Waals surface area contributed by atoms with Gasteiger partial charge in [-0.25, -0.2) is 8.78 Å². The molecule has 0 atom stereocenters. The maximum atomic E-state index is 13.5. The second kappa shape index (κ2) is 8.74. The summed E-state index contributed by atoms with van der Waals surface area (Å²) in [6, 6.07) is 18.0. The molecule has 0 spiro atoms. The maximum absolute atomic E-state index is 13.5. The first-order valence-electron chi connectivity index (χ1n) is 10.9. The van der Waals surface area contributed by atoms with Crippen molar-refractivity contribution in [2.24, 2.45) is 7.05 Å². The number of carbonyl (C=O) groups excluding carboxylic acids is 1. The molecule has 0 radical (unpaired) electrons. The molecule has 0 saturated carbocycles. The number of hydrogen-bond donors (Lipinski definition) is 0. The van der Waals surface area contributed by atoms with E-state index in [1.54, 1.807) is 34.7 Å². The van der Waals surface area contributed by atoms with Gasteiger partial charge in [0.1, 0.15) is 11.5 Å². The lowest BCUT2D eigenvalue weighted by molar-refractivity contribution is 0.0765. The summed E-state index contributed by atoms with van der Waals surface area (Å²) in [4.78, 5) is 15.0. The van der Waals surface area contributed by atoms with Crippen LogP contribution in [0.5, 0.6) is 11.5 Å². The Hall–Kier alpha value is -4.00. The molecule has 172 valence electrons. The van der Waals surface area contributed by atoms with Crippen LogP contribution >= 0.6 is 0 Å². The average Bonchev–Trinajstić information content (AvgIpc) is 3.39. The summed E-state index contributed by atoms with van der Waals surface area (Å²) < 4.78 is 34.7. The zero-order chi connectivity index (χ0) is 23.8. The number of fused-ring (bicyclic) bond motifs is 1. The van der Waals surface area contributed by atoms with Crippen molar-refractivity contribution in [2.75, 3.05) is 0 Å². The predicted molar refractivity (Wildman–Crippen MR) is 125 cm³/mol. The molecule has 1 aliphatic heterocycles. The highest BCUT2D eigenvalue weighted by Gasteiger charge is 2.31. The Morgan fingerprint density at radius 1 is 1.03 bits per heavy atom. The van der Waals surface area contributed by atoms with Gasteiger partial charge in [0.15, 0.2) is 0 Å². The van der Waals surface area contributed by atoms with Crippen LogP contribution in [0.3, 0.4) is 0 Å². The van der Waals surface area contributed by atoms with Crippen LogP contribution in [0.25, 0.3) is 11.1 Å². The molecule has 0 unspecified atom stereocenters. The molecule has 0 N–H and O–H groups in total. The molecule has 7 heteroatoms. The van der Waals surface area contributed by atoms with Crippen molar-refractivity contribution in [1.29, 1.82) is 0 Å². The molecule has 34 heavy (non-hydrogen) atoms. The number of ether oxygens (including phenoxy) is 1. The summed E-state index contributed by atoms with van der Waals surface area (Å²) >= 11 is 0. The molecule has 0 bridgehead atoms. The summed E-state index contributed by atoms with van der Waals surface area (Å²) in [6.45, 7) is 2.62. The van der Waals surface area contributed by atoms with E-state index in [1.807, 2.05) is 49.8 Å². The number of benzene rings is 3. The fourth-order valence-electron chi connectivity index (χ4n) is 4.24. The fraction of sp³-hybridized carbons (Fsp3) is 0.185. The summed E-state index contributed by atoms with van der Waals surface area (Å²) in [5.41, 5.74) is 4.85. The number of rotatable bonds is 6. The van der Waals surface area contributed by atoms with Crippen LogP contribution in [0.4, 0.5) is 8.78 Å². The molecule has 1 aromatic heterocycles. The number of halogens is 2. The van der Waals surface area contributed by atoms with Crippen molar-refractivity contribution < 1.29 is 18.3 Å². The number of nitrogens with zero attached hydrogens (tertiary/aromatic N) is 3. The van der Waals surface area contributed by atoms with E-state index in [-0.39, 0.29) is 17.2 Å². The molecular formula is C27H23F2N3O2. The highest BCUT2D eigenvalue weighted by molar-refractivity contribution is 6.01. The largest absolute Gasteiger partial charge is 0.456 e. The number of hydrogen-bond acceptors (Lipinski definition) is 3. The molecule has 0 aliphatic carbocycles. The molecule has 2 heterocycles. The van der Waals surface area contributed by atoms with E-state index in [1.165, 1.54) is 12.1 Å². The van der Waals surface area contributed by atoms with E-state index in [0.29, 0.717) is 24.4 Å². The molecular weight excluding hydrogens is 436 g/mol. The predicted octanol–water partition coefficient (Wildman–Crippen LogP) is 6.28. The smallest absolute Gasteiger partial charge is 0.267 e. The topological polar surface area (TPSA) is 47.4 Å². The minimum atomic E-state index is -2.67. The van der Waals surface area contributed by atoms with Gasteiger partial charge in [0.25, 0.3) is 12.3 Å². The normalized spacial score (nSPS) is 13.0. The van der Waals surface area contributed by atoms with Crippen molar-refractivity contribution in [2.45, 2.75) is 26.4 Å². The first kappa shape index (κ1) is 21.8. The summed E-state index contributed by atoms with van der Waals surface area (Å²) in [6.07, 6.45) is 1.09. The van der Waals surface area contributed by atoms with Crippen LogP contribution in [0.1, 0.15) is 39.0 Å². The molecule has 5 rings (SSSR count). The second-order valence-electron chi connectivity index (χ2n) is 8.50. The van der Waals surface area contributed by atoms with Crippen LogP contribution in [-0.4, -0.2) is 20.6 Å². The van der Waals surface area contributed by atoms with Gasteiger partial charge in [0.2, 0.25) is 0 Å². The third kappa shape index (κ3) is 4.17. The Balaban J connectivity index is 1.36. The molecule has 4 aromatic rings. The minimum absolute atomic E-state index is 0.0613. The zero-order valence-electron chi connectivity index (χ0n) is 18.8. The van der Waals surface area contributed by atoms with Crippen LogP contribution in [-0.2, 0) is 20.1 Å². The quantitative estimate of drug-likeness (QED) is 0.341. The highest BCUT2D eigenvalue weighted by atomic mass is 19.3. The Labute approximate surface area is 196 Å². The molecule has 5 nitrogen and oxygen atoms in total. The summed E-state index contributed by atoms with van der Waals surface area (Å²) in [5, 5.41) is 4.20. The van der Waals surface area contributed by atoms with E-state index < -0.39 is 6.43 Å². The van der Waals surface area contributed by atoms with E-state index >= 15 is 0 Å². The SMILES string of the molecule is Cc1ccc(Oc2cccc3c2C(=O)N(Cc2ccc(-c4cnn(C)c4)cc2)C3)c(C(F)F)c1. The lowest BCUT2D eigenvalue weighted by atomic mass is 10.1. The summed E-state index contributed by atoms with van der Waals surface area (Å²) in [7, 11) is 1.87. The van der Waals surface area contributed by atoms with Crippen molar-refractivity contribution >= 4 is 5.91 Å². The van der Waals surface area contributed by atoms with E-state index in [0.717, 1.165) is 27.8 Å². The van der Waals surface area contributed by atoms with Gasteiger partial charge in [0, 0.05) is 31.9 Å². The fourth-order valence-corrected chi connectivity index (χ4v) is 4.24. The van der Waals surface area contributed by atoms with Gasteiger partial charge in [-0.15, -0.1) is 0 Å². The van der Waals surface area contributed by atoms with Gasteiger partial charge >= 0.3 is 0 Å². The van der Waals surface area contributed by atoms with Crippen molar-refractivity contribution in [1.82, 2.24) is 14.7 Å². The lowest BCUT2D eigenvalue weighted by Crippen LogP contribution is -2.23. The molecule has 0 fully saturated rings. The van der Waals surface area contributed by atoms with Crippen molar-refractivity contribution in [3.8, 4) is 22.6 Å². The van der Waals surface area contributed by atoms with Crippen LogP contribution in [0.15, 0.2) is 73.1 Å². The standard InChI is InChI=1S/C27H23F2N3O2/c1-17-6-11-23(22(12-17)26(28)29)34-24-5-3-4-20-16-32(27(33)25(20)24)14-18-7-9-19(10-8-18)21-13-30-31(2)15-21/h3-13,15,26H,14,16H2,1-2H3. The highest BCUT2D eigenvalue weighted by Crippen LogP contribution is 2.38. The second-order valence-corrected chi connectivity index (χ2v) is 8.50.